The summed E-state index contributed by atoms with van der Waals surface area (Å²) in [6, 6.07) is 11.7. The first-order chi connectivity index (χ1) is 14.9. The van der Waals surface area contributed by atoms with E-state index in [4.69, 9.17) is 9.47 Å². The maximum absolute atomic E-state index is 13.3. The number of carboxylic acids is 1. The molecule has 0 bridgehead atoms. The minimum atomic E-state index is -1.28. The minimum Gasteiger partial charge on any atom is -0.548 e. The van der Waals surface area contributed by atoms with E-state index in [0.29, 0.717) is 30.9 Å². The molecule has 2 amide bonds. The Morgan fingerprint density at radius 2 is 1.81 bits per heavy atom. The Labute approximate surface area is 183 Å². The fraction of sp³-hybridized carbons (Fsp3) is 0.417. The highest BCUT2D eigenvalue weighted by molar-refractivity contribution is 5.82. The van der Waals surface area contributed by atoms with E-state index in [1.807, 2.05) is 49.4 Å². The third-order valence-corrected chi connectivity index (χ3v) is 6.00. The molecule has 3 atom stereocenters. The number of amides is 2. The molecule has 0 unspecified atom stereocenters. The highest BCUT2D eigenvalue weighted by atomic mass is 16.5. The van der Waals surface area contributed by atoms with Crippen LogP contribution in [0.15, 0.2) is 42.5 Å². The minimum absolute atomic E-state index is 0.245. The summed E-state index contributed by atoms with van der Waals surface area (Å²) < 4.78 is 10.9. The zero-order valence-corrected chi connectivity index (χ0v) is 18.4. The van der Waals surface area contributed by atoms with Gasteiger partial charge in [-0.05, 0) is 41.2 Å². The van der Waals surface area contributed by atoms with Gasteiger partial charge in [0.05, 0.1) is 32.3 Å². The molecule has 0 fully saturated rings. The third kappa shape index (κ3) is 4.60. The van der Waals surface area contributed by atoms with E-state index in [9.17, 15) is 14.7 Å². The fourth-order valence-corrected chi connectivity index (χ4v) is 4.04. The first-order valence-electron chi connectivity index (χ1n) is 10.5. The molecule has 1 aliphatic heterocycles. The lowest BCUT2D eigenvalue weighted by Crippen LogP contribution is -2.56. The lowest BCUT2D eigenvalue weighted by atomic mass is 9.87. The van der Waals surface area contributed by atoms with Crippen molar-refractivity contribution in [1.29, 1.82) is 0 Å². The van der Waals surface area contributed by atoms with Crippen LogP contribution in [0.4, 0.5) is 4.79 Å². The van der Waals surface area contributed by atoms with Crippen LogP contribution in [0, 0.1) is 5.92 Å². The summed E-state index contributed by atoms with van der Waals surface area (Å²) in [6.45, 7) is 4.11. The number of nitrogens with zero attached hydrogens (tertiary/aromatic N) is 1. The molecule has 7 nitrogen and oxygen atoms in total. The van der Waals surface area contributed by atoms with Gasteiger partial charge < -0.3 is 29.6 Å². The summed E-state index contributed by atoms with van der Waals surface area (Å²) in [5, 5.41) is 14.3. The molecule has 166 valence electrons. The maximum Gasteiger partial charge on any atom is 0.318 e. The molecular weight excluding hydrogens is 396 g/mol. The topological polar surface area (TPSA) is 90.9 Å². The Morgan fingerprint density at radius 1 is 1.16 bits per heavy atom. The largest absolute Gasteiger partial charge is 0.548 e. The van der Waals surface area contributed by atoms with Crippen molar-refractivity contribution in [2.75, 3.05) is 20.8 Å². The van der Waals surface area contributed by atoms with Gasteiger partial charge in [-0.3, -0.25) is 0 Å². The number of hydrogen-bond donors (Lipinski definition) is 1. The zero-order chi connectivity index (χ0) is 22.5. The predicted octanol–water partition coefficient (Wildman–Crippen LogP) is 2.53. The quantitative estimate of drug-likeness (QED) is 0.736. The van der Waals surface area contributed by atoms with Crippen LogP contribution in [0.1, 0.15) is 43.0 Å². The smallest absolute Gasteiger partial charge is 0.318 e. The first-order valence-corrected chi connectivity index (χ1v) is 10.5. The summed E-state index contributed by atoms with van der Waals surface area (Å²) >= 11 is 0. The van der Waals surface area contributed by atoms with Gasteiger partial charge in [0.1, 0.15) is 0 Å². The molecule has 0 aromatic heterocycles. The fourth-order valence-electron chi connectivity index (χ4n) is 4.04. The normalized spacial score (nSPS) is 17.3. The first kappa shape index (κ1) is 22.5. The molecule has 1 N–H and O–H groups in total. The average Bonchev–Trinajstić information content (AvgIpc) is 2.80. The van der Waals surface area contributed by atoms with Gasteiger partial charge in [0.2, 0.25) is 0 Å². The summed E-state index contributed by atoms with van der Waals surface area (Å²) in [4.78, 5) is 26.6. The summed E-state index contributed by atoms with van der Waals surface area (Å²) in [5.41, 5.74) is 2.92. The van der Waals surface area contributed by atoms with Crippen molar-refractivity contribution < 1.29 is 24.2 Å². The van der Waals surface area contributed by atoms with E-state index in [0.717, 1.165) is 16.7 Å². The van der Waals surface area contributed by atoms with E-state index < -0.39 is 18.0 Å². The van der Waals surface area contributed by atoms with Crippen LogP contribution in [0.2, 0.25) is 0 Å². The second-order valence-electron chi connectivity index (χ2n) is 7.79. The number of ether oxygens (including phenoxy) is 2. The average molecular weight is 426 g/mol. The second-order valence-corrected chi connectivity index (χ2v) is 7.79. The van der Waals surface area contributed by atoms with Crippen LogP contribution in [0.25, 0.3) is 0 Å². The van der Waals surface area contributed by atoms with Crippen molar-refractivity contribution >= 4 is 12.0 Å². The number of nitrogens with one attached hydrogen (secondary N) is 1. The lowest BCUT2D eigenvalue weighted by Gasteiger charge is -2.39. The van der Waals surface area contributed by atoms with Crippen LogP contribution in [-0.4, -0.2) is 43.7 Å². The second kappa shape index (κ2) is 9.73. The number of urea groups is 1. The van der Waals surface area contributed by atoms with Gasteiger partial charge in [-0.15, -0.1) is 0 Å². The molecule has 1 heterocycles. The molecule has 0 saturated carbocycles. The van der Waals surface area contributed by atoms with E-state index in [1.165, 1.54) is 0 Å². The zero-order valence-electron chi connectivity index (χ0n) is 18.4. The Hall–Kier alpha value is -3.22. The van der Waals surface area contributed by atoms with Crippen molar-refractivity contribution in [1.82, 2.24) is 10.2 Å². The van der Waals surface area contributed by atoms with E-state index >= 15 is 0 Å². The molecule has 2 aromatic rings. The van der Waals surface area contributed by atoms with Gasteiger partial charge in [-0.1, -0.05) is 50.6 Å². The van der Waals surface area contributed by atoms with Crippen LogP contribution >= 0.6 is 0 Å². The maximum atomic E-state index is 13.3. The van der Waals surface area contributed by atoms with E-state index in [2.05, 4.69) is 5.32 Å². The molecule has 0 radical (unpaired) electrons. The van der Waals surface area contributed by atoms with Gasteiger partial charge in [-0.25, -0.2) is 4.79 Å². The van der Waals surface area contributed by atoms with Crippen molar-refractivity contribution in [2.45, 2.75) is 38.8 Å². The van der Waals surface area contributed by atoms with E-state index in [1.54, 1.807) is 26.0 Å². The van der Waals surface area contributed by atoms with Crippen LogP contribution in [-0.2, 0) is 11.2 Å². The number of benzene rings is 2. The molecule has 0 aliphatic carbocycles. The van der Waals surface area contributed by atoms with E-state index in [-0.39, 0.29) is 12.0 Å². The van der Waals surface area contributed by atoms with Gasteiger partial charge >= 0.3 is 6.03 Å². The monoisotopic (exact) mass is 425 g/mol. The number of methoxy groups -OCH3 is 2. The van der Waals surface area contributed by atoms with Crippen molar-refractivity contribution in [3.8, 4) is 11.5 Å². The molecule has 0 saturated heterocycles. The summed E-state index contributed by atoms with van der Waals surface area (Å²) in [7, 11) is 3.17. The summed E-state index contributed by atoms with van der Waals surface area (Å²) in [6.07, 6.45) is 1.23. The SMILES string of the molecule is CC[C@@H](C)[C@H](NC(=O)N1CCc2cc(OC)c(OC)cc2[C@H]1c1ccccc1)C(=O)[O-]. The Balaban J connectivity index is 2.03. The van der Waals surface area contributed by atoms with Gasteiger partial charge in [-0.2, -0.15) is 0 Å². The molecule has 2 aromatic carbocycles. The number of carbonyl (C=O) groups is 2. The Kier molecular flexibility index (Phi) is 7.05. The third-order valence-electron chi connectivity index (χ3n) is 6.00. The summed E-state index contributed by atoms with van der Waals surface area (Å²) in [5.74, 6) is -0.301. The molecular formula is C24H29N2O5-. The molecule has 0 spiro atoms. The molecule has 1 aliphatic rings. The molecule has 31 heavy (non-hydrogen) atoms. The Morgan fingerprint density at radius 3 is 2.39 bits per heavy atom. The van der Waals surface area contributed by atoms with Crippen LogP contribution in [0.3, 0.4) is 0 Å². The number of aliphatic carboxylic acids is 1. The highest BCUT2D eigenvalue weighted by Gasteiger charge is 2.34. The predicted molar refractivity (Wildman–Crippen MR) is 115 cm³/mol. The standard InChI is InChI=1S/C24H30N2O5/c1-5-15(2)21(23(27)28)25-24(29)26-12-11-17-13-19(30-3)20(31-4)14-18(17)22(26)16-9-7-6-8-10-16/h6-10,13-15,21-22H,5,11-12H2,1-4H3,(H,25,29)(H,27,28)/p-1/t15-,21+,22-/m1/s1. The van der Waals surface area contributed by atoms with Gasteiger partial charge in [0, 0.05) is 6.54 Å². The van der Waals surface area contributed by atoms with Gasteiger partial charge in [0.15, 0.2) is 11.5 Å². The highest BCUT2D eigenvalue weighted by Crippen LogP contribution is 2.41. The number of hydrogen-bond acceptors (Lipinski definition) is 5. The van der Waals surface area contributed by atoms with Crippen LogP contribution < -0.4 is 19.9 Å². The van der Waals surface area contributed by atoms with Crippen molar-refractivity contribution in [2.24, 2.45) is 5.92 Å². The van der Waals surface area contributed by atoms with Crippen molar-refractivity contribution in [3.05, 3.63) is 59.2 Å². The number of fused-ring (bicyclic) bond motifs is 1. The number of carboxylic acid groups (broad SMARTS) is 1. The Bertz CT molecular complexity index is 931. The van der Waals surface area contributed by atoms with Crippen LogP contribution in [0.5, 0.6) is 11.5 Å². The van der Waals surface area contributed by atoms with Gasteiger partial charge in [0.25, 0.3) is 0 Å². The van der Waals surface area contributed by atoms with Crippen molar-refractivity contribution in [3.63, 3.8) is 0 Å². The lowest BCUT2D eigenvalue weighted by molar-refractivity contribution is -0.309. The number of carbonyl (C=O) groups excluding carboxylic acids is 2. The molecule has 7 heteroatoms. The number of rotatable bonds is 7. The molecule has 3 rings (SSSR count).